The molecule has 0 fully saturated rings. The minimum absolute atomic E-state index is 0.129. The van der Waals surface area contributed by atoms with Crippen LogP contribution in [0.3, 0.4) is 0 Å². The van der Waals surface area contributed by atoms with E-state index in [-0.39, 0.29) is 18.2 Å². The fourth-order valence-electron chi connectivity index (χ4n) is 1.92. The molecule has 1 aromatic carbocycles. The summed E-state index contributed by atoms with van der Waals surface area (Å²) < 4.78 is 0. The van der Waals surface area contributed by atoms with E-state index in [0.717, 1.165) is 17.7 Å². The smallest absolute Gasteiger partial charge is 0.303 e. The predicted octanol–water partition coefficient (Wildman–Crippen LogP) is 1.59. The fourth-order valence-corrected chi connectivity index (χ4v) is 1.92. The van der Waals surface area contributed by atoms with Crippen molar-refractivity contribution < 1.29 is 15.0 Å². The van der Waals surface area contributed by atoms with E-state index in [2.05, 4.69) is 5.32 Å². The molecule has 0 radical (unpaired) electrons. The van der Waals surface area contributed by atoms with Crippen LogP contribution in [0.15, 0.2) is 18.2 Å². The van der Waals surface area contributed by atoms with Gasteiger partial charge in [0.15, 0.2) is 0 Å². The van der Waals surface area contributed by atoms with E-state index in [1.807, 2.05) is 6.07 Å². The van der Waals surface area contributed by atoms with Crippen molar-refractivity contribution in [1.29, 1.82) is 0 Å². The van der Waals surface area contributed by atoms with Crippen LogP contribution in [0.25, 0.3) is 0 Å². The highest BCUT2D eigenvalue weighted by molar-refractivity contribution is 5.68. The number of benzene rings is 1. The molecule has 2 rings (SSSR count). The maximum atomic E-state index is 10.4. The molecule has 15 heavy (non-hydrogen) atoms. The van der Waals surface area contributed by atoms with E-state index in [9.17, 15) is 9.90 Å². The summed E-state index contributed by atoms with van der Waals surface area (Å²) in [6.45, 7) is 0. The number of hydrogen-bond donors (Lipinski definition) is 3. The van der Waals surface area contributed by atoms with Crippen molar-refractivity contribution in [3.8, 4) is 5.75 Å². The third-order valence-corrected chi connectivity index (χ3v) is 2.65. The van der Waals surface area contributed by atoms with Crippen molar-refractivity contribution in [3.05, 3.63) is 23.8 Å². The third-order valence-electron chi connectivity index (χ3n) is 2.65. The number of aliphatic carboxylic acids is 1. The van der Waals surface area contributed by atoms with Gasteiger partial charge in [-0.2, -0.15) is 0 Å². The average molecular weight is 207 g/mol. The van der Waals surface area contributed by atoms with E-state index < -0.39 is 5.97 Å². The zero-order valence-electron chi connectivity index (χ0n) is 8.23. The van der Waals surface area contributed by atoms with Gasteiger partial charge < -0.3 is 15.5 Å². The van der Waals surface area contributed by atoms with Crippen LogP contribution in [-0.4, -0.2) is 22.2 Å². The lowest BCUT2D eigenvalue weighted by atomic mass is 10.1. The molecule has 80 valence electrons. The van der Waals surface area contributed by atoms with Gasteiger partial charge in [0.1, 0.15) is 5.75 Å². The van der Waals surface area contributed by atoms with Gasteiger partial charge in [0.2, 0.25) is 0 Å². The van der Waals surface area contributed by atoms with Crippen molar-refractivity contribution in [2.45, 2.75) is 25.3 Å². The van der Waals surface area contributed by atoms with Crippen LogP contribution in [-0.2, 0) is 11.2 Å². The second kappa shape index (κ2) is 3.81. The lowest BCUT2D eigenvalue weighted by Crippen LogP contribution is -2.16. The van der Waals surface area contributed by atoms with Crippen LogP contribution < -0.4 is 5.32 Å². The molecular weight excluding hydrogens is 194 g/mol. The Hall–Kier alpha value is -1.71. The van der Waals surface area contributed by atoms with Crippen LogP contribution in [0.5, 0.6) is 5.75 Å². The van der Waals surface area contributed by atoms with Gasteiger partial charge in [-0.1, -0.05) is 12.1 Å². The van der Waals surface area contributed by atoms with E-state index in [4.69, 9.17) is 5.11 Å². The Bertz CT molecular complexity index is 389. The first-order valence-electron chi connectivity index (χ1n) is 4.96. The molecule has 0 saturated carbocycles. The SMILES string of the molecule is O=C(O)CCC1Cc2cccc(O)c2N1. The van der Waals surface area contributed by atoms with Gasteiger partial charge in [-0.3, -0.25) is 4.79 Å². The molecule has 0 aromatic heterocycles. The molecular formula is C11H13NO3. The standard InChI is InChI=1S/C11H13NO3/c13-9-3-1-2-7-6-8(12-11(7)9)4-5-10(14)15/h1-3,8,12-13H,4-6H2,(H,14,15). The van der Waals surface area contributed by atoms with E-state index in [1.54, 1.807) is 12.1 Å². The molecule has 1 aliphatic rings. The molecule has 1 unspecified atom stereocenters. The van der Waals surface area contributed by atoms with E-state index in [0.29, 0.717) is 6.42 Å². The van der Waals surface area contributed by atoms with Crippen LogP contribution in [0.2, 0.25) is 0 Å². The molecule has 0 spiro atoms. The zero-order valence-corrected chi connectivity index (χ0v) is 8.23. The molecule has 1 aromatic rings. The van der Waals surface area contributed by atoms with Gasteiger partial charge in [0, 0.05) is 12.5 Å². The Morgan fingerprint density at radius 1 is 1.53 bits per heavy atom. The number of carboxylic acid groups (broad SMARTS) is 1. The quantitative estimate of drug-likeness (QED) is 0.658. The van der Waals surface area contributed by atoms with Crippen LogP contribution in [0, 0.1) is 0 Å². The highest BCUT2D eigenvalue weighted by Gasteiger charge is 2.22. The van der Waals surface area contributed by atoms with Crippen LogP contribution in [0.4, 0.5) is 5.69 Å². The summed E-state index contributed by atoms with van der Waals surface area (Å²) >= 11 is 0. The fraction of sp³-hybridized carbons (Fsp3) is 0.364. The second-order valence-corrected chi connectivity index (χ2v) is 3.79. The first-order valence-corrected chi connectivity index (χ1v) is 4.96. The number of rotatable bonds is 3. The summed E-state index contributed by atoms with van der Waals surface area (Å²) in [4.78, 5) is 10.4. The van der Waals surface area contributed by atoms with Gasteiger partial charge in [-0.15, -0.1) is 0 Å². The third kappa shape index (κ3) is 2.03. The topological polar surface area (TPSA) is 69.6 Å². The molecule has 0 amide bonds. The number of anilines is 1. The summed E-state index contributed by atoms with van der Waals surface area (Å²) in [6.07, 6.45) is 1.53. The van der Waals surface area contributed by atoms with Gasteiger partial charge in [-0.25, -0.2) is 0 Å². The van der Waals surface area contributed by atoms with Gasteiger partial charge in [-0.05, 0) is 24.5 Å². The zero-order chi connectivity index (χ0) is 10.8. The summed E-state index contributed by atoms with van der Waals surface area (Å²) in [5.41, 5.74) is 1.82. The predicted molar refractivity (Wildman–Crippen MR) is 56.1 cm³/mol. The monoisotopic (exact) mass is 207 g/mol. The number of aromatic hydroxyl groups is 1. The molecule has 1 atom stereocenters. The van der Waals surface area contributed by atoms with Crippen molar-refractivity contribution in [3.63, 3.8) is 0 Å². The molecule has 4 nitrogen and oxygen atoms in total. The first-order chi connectivity index (χ1) is 7.16. The highest BCUT2D eigenvalue weighted by atomic mass is 16.4. The van der Waals surface area contributed by atoms with Crippen LogP contribution in [0.1, 0.15) is 18.4 Å². The summed E-state index contributed by atoms with van der Waals surface area (Å²) in [5.74, 6) is -0.540. The van der Waals surface area contributed by atoms with Gasteiger partial charge in [0.25, 0.3) is 0 Å². The second-order valence-electron chi connectivity index (χ2n) is 3.79. The number of carboxylic acids is 1. The van der Waals surface area contributed by atoms with E-state index >= 15 is 0 Å². The average Bonchev–Trinajstić information content (AvgIpc) is 2.59. The lowest BCUT2D eigenvalue weighted by molar-refractivity contribution is -0.137. The summed E-state index contributed by atoms with van der Waals surface area (Å²) in [7, 11) is 0. The Morgan fingerprint density at radius 2 is 2.33 bits per heavy atom. The minimum Gasteiger partial charge on any atom is -0.506 e. The van der Waals surface area contributed by atoms with Crippen molar-refractivity contribution in [1.82, 2.24) is 0 Å². The first kappa shape index (κ1) is 9.83. The Morgan fingerprint density at radius 3 is 3.00 bits per heavy atom. The van der Waals surface area contributed by atoms with Crippen molar-refractivity contribution in [2.75, 3.05) is 5.32 Å². The minimum atomic E-state index is -0.781. The maximum Gasteiger partial charge on any atom is 0.303 e. The number of fused-ring (bicyclic) bond motifs is 1. The van der Waals surface area contributed by atoms with Crippen molar-refractivity contribution in [2.24, 2.45) is 0 Å². The van der Waals surface area contributed by atoms with E-state index in [1.165, 1.54) is 0 Å². The highest BCUT2D eigenvalue weighted by Crippen LogP contribution is 2.34. The molecule has 3 N–H and O–H groups in total. The number of hydrogen-bond acceptors (Lipinski definition) is 3. The van der Waals surface area contributed by atoms with Crippen molar-refractivity contribution >= 4 is 11.7 Å². The molecule has 1 aliphatic heterocycles. The molecule has 0 aliphatic carbocycles. The Kier molecular flexibility index (Phi) is 2.49. The normalized spacial score (nSPS) is 18.3. The maximum absolute atomic E-state index is 10.4. The Balaban J connectivity index is 2.03. The molecule has 1 heterocycles. The number of phenolic OH excluding ortho intramolecular Hbond substituents is 1. The number of carbonyl (C=O) groups is 1. The van der Waals surface area contributed by atoms with Gasteiger partial charge in [0.05, 0.1) is 5.69 Å². The number of para-hydroxylation sites is 1. The number of phenols is 1. The summed E-state index contributed by atoms with van der Waals surface area (Å²) in [5, 5.41) is 21.3. The largest absolute Gasteiger partial charge is 0.506 e. The molecule has 0 bridgehead atoms. The molecule has 4 heteroatoms. The van der Waals surface area contributed by atoms with Crippen LogP contribution >= 0.6 is 0 Å². The Labute approximate surface area is 87.6 Å². The van der Waals surface area contributed by atoms with Gasteiger partial charge >= 0.3 is 5.97 Å². The lowest BCUT2D eigenvalue weighted by Gasteiger charge is -2.09. The summed E-state index contributed by atoms with van der Waals surface area (Å²) in [6, 6.07) is 5.51. The number of nitrogens with one attached hydrogen (secondary N) is 1. The molecule has 0 saturated heterocycles.